The van der Waals surface area contributed by atoms with E-state index >= 15 is 0 Å². The van der Waals surface area contributed by atoms with Gasteiger partial charge in [-0.1, -0.05) is 42.5 Å². The highest BCUT2D eigenvalue weighted by molar-refractivity contribution is 5.80. The van der Waals surface area contributed by atoms with Gasteiger partial charge < -0.3 is 5.32 Å². The van der Waals surface area contributed by atoms with Crippen LogP contribution in [-0.4, -0.2) is 12.5 Å². The summed E-state index contributed by atoms with van der Waals surface area (Å²) in [5.74, 6) is -0.537. The number of amides is 1. The average Bonchev–Trinajstić information content (AvgIpc) is 3.03. The van der Waals surface area contributed by atoms with Gasteiger partial charge in [-0.15, -0.1) is 0 Å². The van der Waals surface area contributed by atoms with Crippen LogP contribution < -0.4 is 16.2 Å². The van der Waals surface area contributed by atoms with E-state index in [9.17, 15) is 9.18 Å². The summed E-state index contributed by atoms with van der Waals surface area (Å²) in [6.07, 6.45) is 0. The number of nitrogens with one attached hydrogen (secondary N) is 3. The van der Waals surface area contributed by atoms with Gasteiger partial charge in [-0.25, -0.2) is 9.82 Å². The van der Waals surface area contributed by atoms with Crippen LogP contribution in [0.15, 0.2) is 54.6 Å². The Bertz CT molecular complexity index is 647. The Hall–Kier alpha value is -2.24. The third-order valence-corrected chi connectivity index (χ3v) is 3.83. The zero-order valence-corrected chi connectivity index (χ0v) is 12.1. The van der Waals surface area contributed by atoms with Crippen LogP contribution in [0, 0.1) is 11.7 Å². The molecule has 1 saturated heterocycles. The summed E-state index contributed by atoms with van der Waals surface area (Å²) >= 11 is 0. The Morgan fingerprint density at radius 3 is 2.77 bits per heavy atom. The Balaban J connectivity index is 1.64. The van der Waals surface area contributed by atoms with Gasteiger partial charge in [-0.2, -0.15) is 0 Å². The normalized spacial score (nSPS) is 20.8. The molecule has 2 atom stereocenters. The first-order chi connectivity index (χ1) is 10.7. The standard InChI is InChI=1S/C17H18FN3O/c18-14-8-4-5-12(9-14)10-19-17(22)15-11-20-21-16(15)13-6-2-1-3-7-13/h1-9,15-16,20-21H,10-11H2,(H,19,22). The maximum Gasteiger partial charge on any atom is 0.226 e. The van der Waals surface area contributed by atoms with Crippen molar-refractivity contribution in [2.75, 3.05) is 6.54 Å². The summed E-state index contributed by atoms with van der Waals surface area (Å²) in [5.41, 5.74) is 8.00. The minimum atomic E-state index is -0.293. The van der Waals surface area contributed by atoms with E-state index in [0.717, 1.165) is 11.1 Å². The first-order valence-corrected chi connectivity index (χ1v) is 7.29. The van der Waals surface area contributed by atoms with E-state index in [1.54, 1.807) is 12.1 Å². The number of benzene rings is 2. The van der Waals surface area contributed by atoms with Gasteiger partial charge in [-0.3, -0.25) is 10.2 Å². The molecule has 1 fully saturated rings. The lowest BCUT2D eigenvalue weighted by Gasteiger charge is -2.18. The lowest BCUT2D eigenvalue weighted by Crippen LogP contribution is -2.34. The predicted molar refractivity (Wildman–Crippen MR) is 82.1 cm³/mol. The van der Waals surface area contributed by atoms with E-state index in [4.69, 9.17) is 0 Å². The van der Waals surface area contributed by atoms with Crippen LogP contribution in [0.25, 0.3) is 0 Å². The van der Waals surface area contributed by atoms with Gasteiger partial charge in [0.15, 0.2) is 0 Å². The van der Waals surface area contributed by atoms with Crippen molar-refractivity contribution in [3.05, 3.63) is 71.5 Å². The molecule has 114 valence electrons. The first kappa shape index (κ1) is 14.7. The zero-order valence-electron chi connectivity index (χ0n) is 12.1. The maximum atomic E-state index is 13.1. The molecule has 2 aromatic carbocycles. The molecule has 0 saturated carbocycles. The van der Waals surface area contributed by atoms with E-state index in [2.05, 4.69) is 16.2 Å². The molecular weight excluding hydrogens is 281 g/mol. The highest BCUT2D eigenvalue weighted by atomic mass is 19.1. The third-order valence-electron chi connectivity index (χ3n) is 3.83. The fraction of sp³-hybridized carbons (Fsp3) is 0.235. The third kappa shape index (κ3) is 3.32. The molecule has 2 unspecified atom stereocenters. The molecule has 0 aliphatic carbocycles. The van der Waals surface area contributed by atoms with Gasteiger partial charge >= 0.3 is 0 Å². The van der Waals surface area contributed by atoms with Crippen LogP contribution in [0.3, 0.4) is 0 Å². The topological polar surface area (TPSA) is 53.2 Å². The smallest absolute Gasteiger partial charge is 0.226 e. The summed E-state index contributed by atoms with van der Waals surface area (Å²) in [4.78, 5) is 12.4. The van der Waals surface area contributed by atoms with E-state index in [1.807, 2.05) is 30.3 Å². The second-order valence-electron chi connectivity index (χ2n) is 5.37. The second kappa shape index (κ2) is 6.68. The largest absolute Gasteiger partial charge is 0.352 e. The summed E-state index contributed by atoms with van der Waals surface area (Å²) in [6, 6.07) is 16.1. The molecule has 0 bridgehead atoms. The van der Waals surface area contributed by atoms with Gasteiger partial charge in [0, 0.05) is 13.1 Å². The SMILES string of the molecule is O=C(NCc1cccc(F)c1)C1CNNC1c1ccccc1. The summed E-state index contributed by atoms with van der Waals surface area (Å²) < 4.78 is 13.1. The monoisotopic (exact) mass is 299 g/mol. The lowest BCUT2D eigenvalue weighted by molar-refractivity contribution is -0.125. The van der Waals surface area contributed by atoms with Crippen molar-refractivity contribution in [2.24, 2.45) is 5.92 Å². The van der Waals surface area contributed by atoms with Crippen molar-refractivity contribution in [3.63, 3.8) is 0 Å². The highest BCUT2D eigenvalue weighted by Crippen LogP contribution is 2.24. The lowest BCUT2D eigenvalue weighted by atomic mass is 9.94. The molecule has 1 heterocycles. The van der Waals surface area contributed by atoms with Crippen LogP contribution >= 0.6 is 0 Å². The molecule has 5 heteroatoms. The summed E-state index contributed by atoms with van der Waals surface area (Å²) in [6.45, 7) is 0.892. The minimum absolute atomic E-state index is 0.0457. The van der Waals surface area contributed by atoms with Crippen LogP contribution in [-0.2, 0) is 11.3 Å². The van der Waals surface area contributed by atoms with Crippen molar-refractivity contribution in [1.29, 1.82) is 0 Å². The number of hydrogen-bond donors (Lipinski definition) is 3. The number of carbonyl (C=O) groups excluding carboxylic acids is 1. The van der Waals surface area contributed by atoms with E-state index in [1.165, 1.54) is 12.1 Å². The molecule has 2 aromatic rings. The zero-order chi connectivity index (χ0) is 15.4. The Labute approximate surface area is 128 Å². The minimum Gasteiger partial charge on any atom is -0.352 e. The van der Waals surface area contributed by atoms with Gasteiger partial charge in [0.05, 0.1) is 12.0 Å². The predicted octanol–water partition coefficient (Wildman–Crippen LogP) is 1.91. The van der Waals surface area contributed by atoms with Crippen LogP contribution in [0.5, 0.6) is 0 Å². The van der Waals surface area contributed by atoms with Crippen LogP contribution in [0.2, 0.25) is 0 Å². The second-order valence-corrected chi connectivity index (χ2v) is 5.37. The van der Waals surface area contributed by atoms with Gasteiger partial charge in [-0.05, 0) is 23.3 Å². The first-order valence-electron chi connectivity index (χ1n) is 7.29. The van der Waals surface area contributed by atoms with Crippen molar-refractivity contribution in [2.45, 2.75) is 12.6 Å². The van der Waals surface area contributed by atoms with Crippen molar-refractivity contribution in [1.82, 2.24) is 16.2 Å². The van der Waals surface area contributed by atoms with Crippen molar-refractivity contribution < 1.29 is 9.18 Å². The van der Waals surface area contributed by atoms with E-state index in [0.29, 0.717) is 13.1 Å². The Morgan fingerprint density at radius 2 is 2.00 bits per heavy atom. The number of rotatable bonds is 4. The molecule has 1 amide bonds. The molecule has 1 aliphatic rings. The number of hydrogen-bond acceptors (Lipinski definition) is 3. The fourth-order valence-electron chi connectivity index (χ4n) is 2.68. The van der Waals surface area contributed by atoms with Crippen LogP contribution in [0.4, 0.5) is 4.39 Å². The molecule has 4 nitrogen and oxygen atoms in total. The molecule has 0 radical (unpaired) electrons. The number of halogens is 1. The molecular formula is C17H18FN3O. The molecule has 22 heavy (non-hydrogen) atoms. The average molecular weight is 299 g/mol. The quantitative estimate of drug-likeness (QED) is 0.808. The van der Waals surface area contributed by atoms with Crippen LogP contribution in [0.1, 0.15) is 17.2 Å². The number of carbonyl (C=O) groups is 1. The highest BCUT2D eigenvalue weighted by Gasteiger charge is 2.33. The molecule has 0 spiro atoms. The summed E-state index contributed by atoms with van der Waals surface area (Å²) in [7, 11) is 0. The van der Waals surface area contributed by atoms with Gasteiger partial charge in [0.1, 0.15) is 5.82 Å². The van der Waals surface area contributed by atoms with E-state index < -0.39 is 0 Å². The Kier molecular flexibility index (Phi) is 4.46. The number of hydrazine groups is 1. The van der Waals surface area contributed by atoms with E-state index in [-0.39, 0.29) is 23.7 Å². The molecule has 3 rings (SSSR count). The maximum absolute atomic E-state index is 13.1. The molecule has 3 N–H and O–H groups in total. The van der Waals surface area contributed by atoms with Gasteiger partial charge in [0.2, 0.25) is 5.91 Å². The van der Waals surface area contributed by atoms with Crippen molar-refractivity contribution in [3.8, 4) is 0 Å². The molecule has 1 aliphatic heterocycles. The molecule has 0 aromatic heterocycles. The summed E-state index contributed by atoms with van der Waals surface area (Å²) in [5, 5.41) is 2.88. The fourth-order valence-corrected chi connectivity index (χ4v) is 2.68. The van der Waals surface area contributed by atoms with Crippen molar-refractivity contribution >= 4 is 5.91 Å². The Morgan fingerprint density at radius 1 is 1.18 bits per heavy atom. The van der Waals surface area contributed by atoms with Gasteiger partial charge in [0.25, 0.3) is 0 Å².